The third kappa shape index (κ3) is 5.16. The van der Waals surface area contributed by atoms with Crippen LogP contribution in [0.4, 0.5) is 0 Å². The number of nitrogens with zero attached hydrogens (tertiary/aromatic N) is 1. The molecule has 4 heteroatoms. The molecule has 0 amide bonds. The van der Waals surface area contributed by atoms with E-state index in [4.69, 9.17) is 5.11 Å². The van der Waals surface area contributed by atoms with Gasteiger partial charge in [0, 0.05) is 0 Å². The number of carbonyl (C=O) groups is 1. The van der Waals surface area contributed by atoms with Gasteiger partial charge in [0.1, 0.15) is 0 Å². The summed E-state index contributed by atoms with van der Waals surface area (Å²) in [4.78, 5) is 12.4. The topological polar surface area (TPSA) is 40.5 Å². The normalized spacial score (nSPS) is 13.7. The van der Waals surface area contributed by atoms with Gasteiger partial charge in [-0.15, -0.1) is 11.8 Å². The maximum absolute atomic E-state index is 10.5. The van der Waals surface area contributed by atoms with Crippen LogP contribution >= 0.6 is 11.8 Å². The second-order valence-corrected chi connectivity index (χ2v) is 4.79. The number of carboxylic acid groups (broad SMARTS) is 1. The molecule has 0 heterocycles. The van der Waals surface area contributed by atoms with E-state index in [2.05, 4.69) is 20.8 Å². The van der Waals surface area contributed by atoms with E-state index < -0.39 is 5.97 Å². The number of hydrogen-bond acceptors (Lipinski definition) is 3. The number of thioether (sulfide) groups is 1. The number of carboxylic acids is 1. The molecule has 0 unspecified atom stereocenters. The van der Waals surface area contributed by atoms with Crippen LogP contribution in [-0.2, 0) is 4.79 Å². The lowest BCUT2D eigenvalue weighted by atomic mass is 10.2. The number of hydrogen-bond donors (Lipinski definition) is 1. The van der Waals surface area contributed by atoms with Gasteiger partial charge in [-0.2, -0.15) is 0 Å². The average Bonchev–Trinajstić information content (AvgIpc) is 1.97. The van der Waals surface area contributed by atoms with Gasteiger partial charge >= 0.3 is 5.97 Å². The molecule has 0 aromatic carbocycles. The van der Waals surface area contributed by atoms with Crippen LogP contribution < -0.4 is 0 Å². The lowest BCUT2D eigenvalue weighted by Gasteiger charge is -2.28. The summed E-state index contributed by atoms with van der Waals surface area (Å²) in [5.74, 6) is 0.742. The first-order chi connectivity index (χ1) is 5.99. The van der Waals surface area contributed by atoms with E-state index in [0.717, 1.165) is 5.75 Å². The molecule has 0 saturated heterocycles. The summed E-state index contributed by atoms with van der Waals surface area (Å²) >= 11 is 1.80. The first kappa shape index (κ1) is 12.8. The minimum absolute atomic E-state index is 0.121. The van der Waals surface area contributed by atoms with Crippen molar-refractivity contribution in [3.63, 3.8) is 0 Å². The predicted molar refractivity (Wildman–Crippen MR) is 57.0 cm³/mol. The fourth-order valence-electron chi connectivity index (χ4n) is 1.30. The number of likely N-dealkylation sites (N-methyl/N-ethyl adjacent to an activating group) is 1. The fourth-order valence-corrected chi connectivity index (χ4v) is 2.36. The molecule has 1 atom stereocenters. The first-order valence-electron chi connectivity index (χ1n) is 4.52. The number of rotatable bonds is 6. The molecule has 0 bridgehead atoms. The van der Waals surface area contributed by atoms with Crippen molar-refractivity contribution in [2.24, 2.45) is 5.92 Å². The molecular formula is C9H19NO2S. The van der Waals surface area contributed by atoms with Gasteiger partial charge in [0.2, 0.25) is 0 Å². The number of aliphatic carboxylic acids is 1. The Kier molecular flexibility index (Phi) is 6.16. The highest BCUT2D eigenvalue weighted by Gasteiger charge is 2.19. The molecule has 0 rings (SSSR count). The Morgan fingerprint density at radius 1 is 1.54 bits per heavy atom. The van der Waals surface area contributed by atoms with Crippen LogP contribution in [-0.4, -0.2) is 40.7 Å². The molecule has 0 aromatic heterocycles. The lowest BCUT2D eigenvalue weighted by Crippen LogP contribution is -2.37. The molecule has 0 aliphatic carbocycles. The third-order valence-electron chi connectivity index (χ3n) is 1.73. The monoisotopic (exact) mass is 205 g/mol. The van der Waals surface area contributed by atoms with Gasteiger partial charge in [-0.05, 0) is 18.7 Å². The molecule has 13 heavy (non-hydrogen) atoms. The summed E-state index contributed by atoms with van der Waals surface area (Å²) in [6.07, 6.45) is 0. The van der Waals surface area contributed by atoms with E-state index in [-0.39, 0.29) is 6.54 Å². The van der Waals surface area contributed by atoms with Crippen molar-refractivity contribution < 1.29 is 9.90 Å². The zero-order valence-corrected chi connectivity index (χ0v) is 9.60. The molecule has 0 spiro atoms. The Balaban J connectivity index is 4.10. The van der Waals surface area contributed by atoms with Crippen molar-refractivity contribution in [2.45, 2.75) is 26.1 Å². The highest BCUT2D eigenvalue weighted by molar-refractivity contribution is 7.99. The maximum Gasteiger partial charge on any atom is 0.317 e. The van der Waals surface area contributed by atoms with Crippen LogP contribution in [0.1, 0.15) is 20.8 Å². The van der Waals surface area contributed by atoms with Gasteiger partial charge < -0.3 is 5.11 Å². The van der Waals surface area contributed by atoms with Gasteiger partial charge in [-0.3, -0.25) is 9.69 Å². The van der Waals surface area contributed by atoms with Crippen LogP contribution in [0.3, 0.4) is 0 Å². The second-order valence-electron chi connectivity index (χ2n) is 3.40. The van der Waals surface area contributed by atoms with Crippen LogP contribution in [0, 0.1) is 5.92 Å². The Morgan fingerprint density at radius 2 is 2.08 bits per heavy atom. The molecule has 0 radical (unpaired) electrons. The molecule has 0 aromatic rings. The standard InChI is InChI=1S/C9H19NO2S/c1-5-13-9(7(2)3)10(4)6-8(11)12/h7,9H,5-6H2,1-4H3,(H,11,12)/t9-/m0/s1. The Bertz CT molecular complexity index is 162. The Hall–Kier alpha value is -0.220. The SMILES string of the molecule is CCS[C@@H](C(C)C)N(C)CC(=O)O. The smallest absolute Gasteiger partial charge is 0.317 e. The van der Waals surface area contributed by atoms with Gasteiger partial charge in [-0.1, -0.05) is 20.8 Å². The summed E-state index contributed by atoms with van der Waals surface area (Å²) in [6.45, 7) is 6.45. The van der Waals surface area contributed by atoms with Crippen LogP contribution in [0.25, 0.3) is 0 Å². The van der Waals surface area contributed by atoms with Gasteiger partial charge in [0.15, 0.2) is 0 Å². The minimum atomic E-state index is -0.759. The zero-order valence-electron chi connectivity index (χ0n) is 8.78. The van der Waals surface area contributed by atoms with Gasteiger partial charge in [0.25, 0.3) is 0 Å². The van der Waals surface area contributed by atoms with Crippen molar-refractivity contribution >= 4 is 17.7 Å². The highest BCUT2D eigenvalue weighted by Crippen LogP contribution is 2.21. The van der Waals surface area contributed by atoms with Gasteiger partial charge in [-0.25, -0.2) is 0 Å². The molecule has 0 saturated carbocycles. The summed E-state index contributed by atoms with van der Waals surface area (Å²) in [6, 6.07) is 0. The summed E-state index contributed by atoms with van der Waals surface area (Å²) in [5.41, 5.74) is 0. The highest BCUT2D eigenvalue weighted by atomic mass is 32.2. The second kappa shape index (κ2) is 6.27. The van der Waals surface area contributed by atoms with E-state index in [1.54, 1.807) is 11.8 Å². The van der Waals surface area contributed by atoms with E-state index in [1.165, 1.54) is 0 Å². The zero-order chi connectivity index (χ0) is 10.4. The van der Waals surface area contributed by atoms with Crippen molar-refractivity contribution in [2.75, 3.05) is 19.3 Å². The van der Waals surface area contributed by atoms with Crippen LogP contribution in [0.15, 0.2) is 0 Å². The Morgan fingerprint density at radius 3 is 2.38 bits per heavy atom. The van der Waals surface area contributed by atoms with E-state index >= 15 is 0 Å². The fraction of sp³-hybridized carbons (Fsp3) is 0.889. The Labute approximate surface area is 84.5 Å². The molecule has 1 N–H and O–H groups in total. The van der Waals surface area contributed by atoms with E-state index in [1.807, 2.05) is 11.9 Å². The van der Waals surface area contributed by atoms with Gasteiger partial charge in [0.05, 0.1) is 11.9 Å². The van der Waals surface area contributed by atoms with Crippen LogP contribution in [0.2, 0.25) is 0 Å². The largest absolute Gasteiger partial charge is 0.480 e. The molecular weight excluding hydrogens is 186 g/mol. The van der Waals surface area contributed by atoms with Crippen molar-refractivity contribution in [3.05, 3.63) is 0 Å². The third-order valence-corrected chi connectivity index (χ3v) is 3.31. The lowest BCUT2D eigenvalue weighted by molar-refractivity contribution is -0.138. The quantitative estimate of drug-likeness (QED) is 0.671. The first-order valence-corrected chi connectivity index (χ1v) is 5.57. The van der Waals surface area contributed by atoms with Crippen molar-refractivity contribution in [3.8, 4) is 0 Å². The summed E-state index contributed by atoms with van der Waals surface area (Å²) in [5, 5.41) is 8.94. The molecule has 0 aliphatic heterocycles. The average molecular weight is 205 g/mol. The predicted octanol–water partition coefficient (Wildman–Crippen LogP) is 1.74. The van der Waals surface area contributed by atoms with Crippen LogP contribution in [0.5, 0.6) is 0 Å². The van der Waals surface area contributed by atoms with Crippen molar-refractivity contribution in [1.29, 1.82) is 0 Å². The summed E-state index contributed by atoms with van der Waals surface area (Å²) in [7, 11) is 1.86. The van der Waals surface area contributed by atoms with E-state index in [9.17, 15) is 4.79 Å². The van der Waals surface area contributed by atoms with E-state index in [0.29, 0.717) is 11.3 Å². The molecule has 78 valence electrons. The molecule has 0 aliphatic rings. The van der Waals surface area contributed by atoms with Crippen molar-refractivity contribution in [1.82, 2.24) is 4.90 Å². The molecule has 0 fully saturated rings. The minimum Gasteiger partial charge on any atom is -0.480 e. The maximum atomic E-state index is 10.5. The summed E-state index contributed by atoms with van der Waals surface area (Å²) < 4.78 is 0. The molecule has 3 nitrogen and oxygen atoms in total.